The van der Waals surface area contributed by atoms with Crippen LogP contribution in [0.1, 0.15) is 46.0 Å². The number of hydrogen-bond donors (Lipinski definition) is 2. The van der Waals surface area contributed by atoms with Crippen LogP contribution >= 0.6 is 0 Å². The maximum absolute atomic E-state index is 12.2. The molecule has 0 aromatic rings. The maximum atomic E-state index is 12.2. The average Bonchev–Trinajstić information content (AvgIpc) is 2.93. The van der Waals surface area contributed by atoms with Gasteiger partial charge in [-0.2, -0.15) is 0 Å². The highest BCUT2D eigenvalue weighted by Crippen LogP contribution is 2.30. The van der Waals surface area contributed by atoms with Crippen molar-refractivity contribution in [2.75, 3.05) is 19.6 Å². The van der Waals surface area contributed by atoms with Crippen molar-refractivity contribution >= 4 is 23.6 Å². The summed E-state index contributed by atoms with van der Waals surface area (Å²) in [6.45, 7) is 5.27. The molecule has 0 atom stereocenters. The predicted octanol–water partition coefficient (Wildman–Crippen LogP) is 0.996. The van der Waals surface area contributed by atoms with Crippen LogP contribution in [0.2, 0.25) is 0 Å². The number of imide groups is 1. The van der Waals surface area contributed by atoms with E-state index in [1.807, 2.05) is 13.8 Å². The summed E-state index contributed by atoms with van der Waals surface area (Å²) in [6.07, 6.45) is 6.59. The first-order valence-electron chi connectivity index (χ1n) is 9.47. The molecule has 0 bridgehead atoms. The Bertz CT molecular complexity index is 559. The van der Waals surface area contributed by atoms with Gasteiger partial charge in [0.25, 0.3) is 11.8 Å². The van der Waals surface area contributed by atoms with E-state index in [2.05, 4.69) is 10.6 Å². The van der Waals surface area contributed by atoms with Gasteiger partial charge < -0.3 is 10.6 Å². The van der Waals surface area contributed by atoms with Crippen LogP contribution in [0.3, 0.4) is 0 Å². The summed E-state index contributed by atoms with van der Waals surface area (Å²) >= 11 is 0. The highest BCUT2D eigenvalue weighted by atomic mass is 16.2. The lowest BCUT2D eigenvalue weighted by Crippen LogP contribution is -2.39. The average molecular weight is 363 g/mol. The quantitative estimate of drug-likeness (QED) is 0.497. The molecular formula is C19H29N3O4. The normalized spacial score (nSPS) is 22.8. The molecule has 2 rings (SSSR count). The molecule has 26 heavy (non-hydrogen) atoms. The first-order valence-corrected chi connectivity index (χ1v) is 9.47. The number of carbonyl (C=O) groups is 4. The zero-order valence-corrected chi connectivity index (χ0v) is 15.6. The molecule has 144 valence electrons. The van der Waals surface area contributed by atoms with Gasteiger partial charge in [-0.25, -0.2) is 0 Å². The number of carbonyl (C=O) groups excluding carboxylic acids is 4. The Hall–Kier alpha value is -2.18. The van der Waals surface area contributed by atoms with Crippen LogP contribution in [0, 0.1) is 17.8 Å². The van der Waals surface area contributed by atoms with Crippen molar-refractivity contribution in [2.24, 2.45) is 17.8 Å². The summed E-state index contributed by atoms with van der Waals surface area (Å²) < 4.78 is 0. The molecule has 0 radical (unpaired) electrons. The number of amides is 4. The lowest BCUT2D eigenvalue weighted by atomic mass is 9.81. The number of hydrogen-bond acceptors (Lipinski definition) is 4. The van der Waals surface area contributed by atoms with Crippen LogP contribution < -0.4 is 10.6 Å². The third kappa shape index (κ3) is 5.68. The highest BCUT2D eigenvalue weighted by molar-refractivity contribution is 6.12. The van der Waals surface area contributed by atoms with Gasteiger partial charge in [0.05, 0.1) is 0 Å². The molecule has 1 saturated carbocycles. The van der Waals surface area contributed by atoms with Gasteiger partial charge in [-0.1, -0.05) is 13.8 Å². The van der Waals surface area contributed by atoms with Gasteiger partial charge >= 0.3 is 0 Å². The summed E-state index contributed by atoms with van der Waals surface area (Å²) in [5.74, 6) is -0.133. The van der Waals surface area contributed by atoms with E-state index < -0.39 is 0 Å². The van der Waals surface area contributed by atoms with Gasteiger partial charge in [-0.05, 0) is 38.0 Å². The van der Waals surface area contributed by atoms with Gasteiger partial charge in [0.15, 0.2) is 0 Å². The van der Waals surface area contributed by atoms with Crippen LogP contribution in [0.4, 0.5) is 0 Å². The van der Waals surface area contributed by atoms with Gasteiger partial charge in [0.2, 0.25) is 11.8 Å². The number of rotatable bonds is 8. The van der Waals surface area contributed by atoms with Crippen molar-refractivity contribution < 1.29 is 19.2 Å². The molecule has 4 amide bonds. The third-order valence-electron chi connectivity index (χ3n) is 5.04. The van der Waals surface area contributed by atoms with Gasteiger partial charge in [-0.15, -0.1) is 0 Å². The van der Waals surface area contributed by atoms with Crippen molar-refractivity contribution in [3.8, 4) is 0 Å². The monoisotopic (exact) mass is 363 g/mol. The predicted molar refractivity (Wildman–Crippen MR) is 96.8 cm³/mol. The zero-order valence-electron chi connectivity index (χ0n) is 15.6. The van der Waals surface area contributed by atoms with Gasteiger partial charge in [0.1, 0.15) is 0 Å². The molecule has 0 unspecified atom stereocenters. The van der Waals surface area contributed by atoms with E-state index in [-0.39, 0.29) is 41.4 Å². The van der Waals surface area contributed by atoms with E-state index >= 15 is 0 Å². The molecule has 1 fully saturated rings. The van der Waals surface area contributed by atoms with E-state index in [4.69, 9.17) is 0 Å². The molecular weight excluding hydrogens is 334 g/mol. The summed E-state index contributed by atoms with van der Waals surface area (Å²) in [4.78, 5) is 48.2. The summed E-state index contributed by atoms with van der Waals surface area (Å²) in [5, 5.41) is 5.77. The second-order valence-electron chi connectivity index (χ2n) is 7.43. The first-order chi connectivity index (χ1) is 12.4. The van der Waals surface area contributed by atoms with E-state index in [0.29, 0.717) is 26.1 Å². The number of nitrogens with zero attached hydrogens (tertiary/aromatic N) is 1. The summed E-state index contributed by atoms with van der Waals surface area (Å²) in [5.41, 5.74) is 0. The minimum atomic E-state index is -0.237. The fraction of sp³-hybridized carbons (Fsp3) is 0.684. The van der Waals surface area contributed by atoms with Crippen molar-refractivity contribution in [1.82, 2.24) is 15.5 Å². The second-order valence-corrected chi connectivity index (χ2v) is 7.43. The van der Waals surface area contributed by atoms with Crippen LogP contribution in [0.25, 0.3) is 0 Å². The highest BCUT2D eigenvalue weighted by Gasteiger charge is 2.31. The number of nitrogens with one attached hydrogen (secondary N) is 2. The van der Waals surface area contributed by atoms with E-state index in [1.54, 1.807) is 0 Å². The molecule has 0 aromatic carbocycles. The van der Waals surface area contributed by atoms with E-state index in [9.17, 15) is 19.2 Å². The molecule has 0 spiro atoms. The maximum Gasteiger partial charge on any atom is 0.253 e. The Morgan fingerprint density at radius 1 is 1.04 bits per heavy atom. The summed E-state index contributed by atoms with van der Waals surface area (Å²) in [7, 11) is 0. The molecule has 7 heteroatoms. The largest absolute Gasteiger partial charge is 0.356 e. The van der Waals surface area contributed by atoms with Crippen molar-refractivity contribution in [1.29, 1.82) is 0 Å². The minimum Gasteiger partial charge on any atom is -0.356 e. The third-order valence-corrected chi connectivity index (χ3v) is 5.04. The zero-order chi connectivity index (χ0) is 19.1. The van der Waals surface area contributed by atoms with Crippen LogP contribution in [0.5, 0.6) is 0 Å². The lowest BCUT2D eigenvalue weighted by molar-refractivity contribution is -0.138. The fourth-order valence-electron chi connectivity index (χ4n) is 3.34. The molecule has 0 saturated heterocycles. The molecule has 1 aliphatic heterocycles. The smallest absolute Gasteiger partial charge is 0.253 e. The van der Waals surface area contributed by atoms with Crippen molar-refractivity contribution in [2.45, 2.75) is 46.0 Å². The Balaban J connectivity index is 1.60. The lowest BCUT2D eigenvalue weighted by Gasteiger charge is -2.30. The van der Waals surface area contributed by atoms with Crippen LogP contribution in [-0.4, -0.2) is 48.2 Å². The molecule has 0 aromatic heterocycles. The Morgan fingerprint density at radius 2 is 1.62 bits per heavy atom. The molecule has 2 aliphatic rings. The second kappa shape index (κ2) is 9.50. The standard InChI is InChI=1S/C19H29N3O4/c1-13(2)18(25)20-10-3-11-21-19(26)15-6-4-14(5-7-15)12-22-16(23)8-9-17(22)24/h8-9,13-15H,3-7,10-12H2,1-2H3,(H,20,25)(H,21,26). The molecule has 1 aliphatic carbocycles. The van der Waals surface area contributed by atoms with E-state index in [1.165, 1.54) is 17.1 Å². The molecule has 1 heterocycles. The summed E-state index contributed by atoms with van der Waals surface area (Å²) in [6, 6.07) is 0. The van der Waals surface area contributed by atoms with Crippen molar-refractivity contribution in [3.05, 3.63) is 12.2 Å². The molecule has 7 nitrogen and oxygen atoms in total. The Kier molecular flexibility index (Phi) is 7.36. The first kappa shape index (κ1) is 20.1. The van der Waals surface area contributed by atoms with Gasteiger partial charge in [-0.3, -0.25) is 24.1 Å². The SMILES string of the molecule is CC(C)C(=O)NCCCNC(=O)C1CCC(CN2C(=O)C=CC2=O)CC1. The van der Waals surface area contributed by atoms with Gasteiger partial charge in [0, 0.05) is 43.6 Å². The van der Waals surface area contributed by atoms with Crippen LogP contribution in [-0.2, 0) is 19.2 Å². The van der Waals surface area contributed by atoms with Crippen molar-refractivity contribution in [3.63, 3.8) is 0 Å². The van der Waals surface area contributed by atoms with Crippen LogP contribution in [0.15, 0.2) is 12.2 Å². The minimum absolute atomic E-state index is 0.000360. The fourth-order valence-corrected chi connectivity index (χ4v) is 3.34. The Morgan fingerprint density at radius 3 is 2.19 bits per heavy atom. The van der Waals surface area contributed by atoms with E-state index in [0.717, 1.165) is 25.7 Å². The topological polar surface area (TPSA) is 95.6 Å². The molecule has 2 N–H and O–H groups in total. The Labute approximate surface area is 154 Å².